The highest BCUT2D eigenvalue weighted by atomic mass is 15.2. The van der Waals surface area contributed by atoms with Gasteiger partial charge in [0.25, 0.3) is 0 Å². The Hall–Kier alpha value is -0.860. The van der Waals surface area contributed by atoms with Crippen molar-refractivity contribution in [2.45, 2.75) is 64.1 Å². The highest BCUT2D eigenvalue weighted by Crippen LogP contribution is 2.36. The molecule has 3 rings (SSSR count). The first kappa shape index (κ1) is 14.1. The summed E-state index contributed by atoms with van der Waals surface area (Å²) >= 11 is 0. The van der Waals surface area contributed by atoms with Crippen LogP contribution in [0.5, 0.6) is 0 Å². The summed E-state index contributed by atoms with van der Waals surface area (Å²) in [6.07, 6.45) is 6.51. The van der Waals surface area contributed by atoms with E-state index in [1.165, 1.54) is 38.6 Å². The standard InChI is InChI=1S/C18H28N2/c1-3-12-19-18-16-9-5-4-8-15(16)10-11-17(18)20-13-6-7-14(20)2/h4-5,8-9,14,17-19H,3,6-7,10-13H2,1-2H3. The fourth-order valence-electron chi connectivity index (χ4n) is 4.09. The molecule has 3 atom stereocenters. The minimum absolute atomic E-state index is 0.528. The molecule has 110 valence electrons. The van der Waals surface area contributed by atoms with Crippen molar-refractivity contribution in [3.05, 3.63) is 35.4 Å². The van der Waals surface area contributed by atoms with Gasteiger partial charge in [-0.3, -0.25) is 4.90 Å². The molecular weight excluding hydrogens is 244 g/mol. The van der Waals surface area contributed by atoms with E-state index < -0.39 is 0 Å². The summed E-state index contributed by atoms with van der Waals surface area (Å²) in [7, 11) is 0. The molecule has 1 heterocycles. The third-order valence-corrected chi connectivity index (χ3v) is 5.13. The number of rotatable bonds is 4. The van der Waals surface area contributed by atoms with Gasteiger partial charge in [-0.1, -0.05) is 31.2 Å². The van der Waals surface area contributed by atoms with Gasteiger partial charge in [0.15, 0.2) is 0 Å². The lowest BCUT2D eigenvalue weighted by Crippen LogP contribution is -2.48. The van der Waals surface area contributed by atoms with E-state index >= 15 is 0 Å². The predicted octanol–water partition coefficient (Wildman–Crippen LogP) is 3.53. The number of likely N-dealkylation sites (tertiary alicyclic amines) is 1. The molecule has 0 bridgehead atoms. The van der Waals surface area contributed by atoms with Crippen LogP contribution in [0.1, 0.15) is 56.7 Å². The van der Waals surface area contributed by atoms with Crippen molar-refractivity contribution in [3.63, 3.8) is 0 Å². The van der Waals surface area contributed by atoms with Crippen LogP contribution in [-0.2, 0) is 6.42 Å². The molecule has 1 saturated heterocycles. The second-order valence-electron chi connectivity index (χ2n) is 6.47. The first-order valence-corrected chi connectivity index (χ1v) is 8.38. The van der Waals surface area contributed by atoms with E-state index in [1.807, 2.05) is 0 Å². The SMILES string of the molecule is CCCNC1c2ccccc2CCC1N1CCCC1C. The van der Waals surface area contributed by atoms with Crippen LogP contribution in [0, 0.1) is 0 Å². The molecule has 0 amide bonds. The molecule has 2 heteroatoms. The van der Waals surface area contributed by atoms with Gasteiger partial charge in [-0.05, 0) is 63.2 Å². The fraction of sp³-hybridized carbons (Fsp3) is 0.667. The molecule has 0 spiro atoms. The number of benzene rings is 1. The van der Waals surface area contributed by atoms with E-state index in [4.69, 9.17) is 0 Å². The Morgan fingerprint density at radius 1 is 1.25 bits per heavy atom. The van der Waals surface area contributed by atoms with Crippen LogP contribution in [0.15, 0.2) is 24.3 Å². The van der Waals surface area contributed by atoms with Gasteiger partial charge in [-0.15, -0.1) is 0 Å². The lowest BCUT2D eigenvalue weighted by atomic mass is 9.83. The highest BCUT2D eigenvalue weighted by Gasteiger charge is 2.36. The largest absolute Gasteiger partial charge is 0.309 e. The predicted molar refractivity (Wildman–Crippen MR) is 85.0 cm³/mol. The molecular formula is C18H28N2. The summed E-state index contributed by atoms with van der Waals surface area (Å²) in [5, 5.41) is 3.83. The monoisotopic (exact) mass is 272 g/mol. The number of fused-ring (bicyclic) bond motifs is 1. The molecule has 2 aliphatic rings. The topological polar surface area (TPSA) is 15.3 Å². The molecule has 1 aromatic rings. The molecule has 0 aromatic heterocycles. The lowest BCUT2D eigenvalue weighted by molar-refractivity contribution is 0.134. The van der Waals surface area contributed by atoms with Crippen LogP contribution < -0.4 is 5.32 Å². The minimum atomic E-state index is 0.528. The molecule has 0 saturated carbocycles. The van der Waals surface area contributed by atoms with E-state index in [-0.39, 0.29) is 0 Å². The fourth-order valence-corrected chi connectivity index (χ4v) is 4.09. The van der Waals surface area contributed by atoms with Crippen molar-refractivity contribution in [1.29, 1.82) is 0 Å². The van der Waals surface area contributed by atoms with Gasteiger partial charge in [0.05, 0.1) is 0 Å². The summed E-state index contributed by atoms with van der Waals surface area (Å²) in [5.74, 6) is 0. The number of hydrogen-bond acceptors (Lipinski definition) is 2. The molecule has 1 fully saturated rings. The first-order chi connectivity index (χ1) is 9.81. The van der Waals surface area contributed by atoms with Crippen molar-refractivity contribution in [3.8, 4) is 0 Å². The van der Waals surface area contributed by atoms with Crippen LogP contribution >= 0.6 is 0 Å². The van der Waals surface area contributed by atoms with Gasteiger partial charge >= 0.3 is 0 Å². The molecule has 2 nitrogen and oxygen atoms in total. The Morgan fingerprint density at radius 3 is 2.85 bits per heavy atom. The molecule has 20 heavy (non-hydrogen) atoms. The maximum absolute atomic E-state index is 3.83. The lowest BCUT2D eigenvalue weighted by Gasteiger charge is -2.41. The second-order valence-corrected chi connectivity index (χ2v) is 6.47. The van der Waals surface area contributed by atoms with Gasteiger partial charge in [0.1, 0.15) is 0 Å². The number of nitrogens with zero attached hydrogens (tertiary/aromatic N) is 1. The summed E-state index contributed by atoms with van der Waals surface area (Å²) < 4.78 is 0. The molecule has 1 aliphatic carbocycles. The Balaban J connectivity index is 1.86. The van der Waals surface area contributed by atoms with Crippen LogP contribution in [-0.4, -0.2) is 30.1 Å². The van der Waals surface area contributed by atoms with E-state index in [1.54, 1.807) is 11.1 Å². The Kier molecular flexibility index (Phi) is 4.42. The summed E-state index contributed by atoms with van der Waals surface area (Å²) in [4.78, 5) is 2.77. The number of hydrogen-bond donors (Lipinski definition) is 1. The van der Waals surface area contributed by atoms with E-state index in [2.05, 4.69) is 48.3 Å². The van der Waals surface area contributed by atoms with Crippen molar-refractivity contribution >= 4 is 0 Å². The maximum atomic E-state index is 3.83. The summed E-state index contributed by atoms with van der Waals surface area (Å²) in [6, 6.07) is 11.0. The van der Waals surface area contributed by atoms with Crippen molar-refractivity contribution < 1.29 is 0 Å². The average Bonchev–Trinajstić information content (AvgIpc) is 2.90. The zero-order valence-electron chi connectivity index (χ0n) is 12.9. The van der Waals surface area contributed by atoms with E-state index in [0.717, 1.165) is 12.6 Å². The van der Waals surface area contributed by atoms with Gasteiger partial charge in [0, 0.05) is 18.1 Å². The van der Waals surface area contributed by atoms with E-state index in [9.17, 15) is 0 Å². The zero-order chi connectivity index (χ0) is 13.9. The van der Waals surface area contributed by atoms with Crippen molar-refractivity contribution in [2.24, 2.45) is 0 Å². The Labute approximate surface area is 123 Å². The van der Waals surface area contributed by atoms with Crippen LogP contribution in [0.25, 0.3) is 0 Å². The van der Waals surface area contributed by atoms with E-state index in [0.29, 0.717) is 12.1 Å². The minimum Gasteiger partial charge on any atom is -0.309 e. The third kappa shape index (κ3) is 2.64. The number of nitrogens with one attached hydrogen (secondary N) is 1. The summed E-state index contributed by atoms with van der Waals surface area (Å²) in [6.45, 7) is 7.08. The zero-order valence-corrected chi connectivity index (χ0v) is 12.9. The molecule has 1 aliphatic heterocycles. The first-order valence-electron chi connectivity index (χ1n) is 8.38. The van der Waals surface area contributed by atoms with Crippen molar-refractivity contribution in [1.82, 2.24) is 10.2 Å². The van der Waals surface area contributed by atoms with Crippen LogP contribution in [0.3, 0.4) is 0 Å². The normalized spacial score (nSPS) is 30.4. The van der Waals surface area contributed by atoms with Crippen LogP contribution in [0.2, 0.25) is 0 Å². The van der Waals surface area contributed by atoms with Gasteiger partial charge in [-0.2, -0.15) is 0 Å². The van der Waals surface area contributed by atoms with Gasteiger partial charge in [-0.25, -0.2) is 0 Å². The third-order valence-electron chi connectivity index (χ3n) is 5.13. The Bertz CT molecular complexity index is 443. The molecule has 3 unspecified atom stereocenters. The average molecular weight is 272 g/mol. The molecule has 1 N–H and O–H groups in total. The van der Waals surface area contributed by atoms with Gasteiger partial charge < -0.3 is 5.32 Å². The molecule has 1 aromatic carbocycles. The van der Waals surface area contributed by atoms with Crippen molar-refractivity contribution in [2.75, 3.05) is 13.1 Å². The highest BCUT2D eigenvalue weighted by molar-refractivity contribution is 5.34. The Morgan fingerprint density at radius 2 is 2.10 bits per heavy atom. The second kappa shape index (κ2) is 6.28. The quantitative estimate of drug-likeness (QED) is 0.902. The maximum Gasteiger partial charge on any atom is 0.0481 e. The molecule has 0 radical (unpaired) electrons. The smallest absolute Gasteiger partial charge is 0.0481 e. The van der Waals surface area contributed by atoms with Crippen LogP contribution in [0.4, 0.5) is 0 Å². The van der Waals surface area contributed by atoms with Gasteiger partial charge in [0.2, 0.25) is 0 Å². The summed E-state index contributed by atoms with van der Waals surface area (Å²) in [5.41, 5.74) is 3.11. The number of aryl methyl sites for hydroxylation is 1.